The minimum absolute atomic E-state index is 0.171. The molecule has 2 aromatic heterocycles. The van der Waals surface area contributed by atoms with Crippen molar-refractivity contribution in [3.63, 3.8) is 0 Å². The van der Waals surface area contributed by atoms with E-state index in [1.807, 2.05) is 7.05 Å². The van der Waals surface area contributed by atoms with Crippen LogP contribution in [0.3, 0.4) is 0 Å². The molecule has 188 valence electrons. The number of carbonyl (C=O) groups is 1. The number of ether oxygens (including phenoxy) is 1. The molecule has 0 atom stereocenters. The minimum Gasteiger partial charge on any atom is -0.383 e. The molecule has 0 aliphatic carbocycles. The SMILES string of the molecule is COCCN(C)C(=O)CN1CCC(c2ccc3[nH]c(-c4cc(C)nc(C)c4)c(C(C)C)c3c2)CC1. The molecule has 1 N–H and O–H groups in total. The number of pyridine rings is 1. The molecule has 4 rings (SSSR count). The molecule has 3 heterocycles. The number of aromatic amines is 1. The number of carbonyl (C=O) groups excluding carboxylic acids is 1. The lowest BCUT2D eigenvalue weighted by molar-refractivity contribution is -0.131. The van der Waals surface area contributed by atoms with Crippen LogP contribution in [0.4, 0.5) is 0 Å². The average molecular weight is 477 g/mol. The van der Waals surface area contributed by atoms with Gasteiger partial charge in [-0.15, -0.1) is 0 Å². The van der Waals surface area contributed by atoms with E-state index in [2.05, 4.69) is 72.9 Å². The van der Waals surface area contributed by atoms with Gasteiger partial charge in [0.2, 0.25) is 5.91 Å². The van der Waals surface area contributed by atoms with E-state index in [0.29, 0.717) is 31.5 Å². The molecule has 0 unspecified atom stereocenters. The number of fused-ring (bicyclic) bond motifs is 1. The summed E-state index contributed by atoms with van der Waals surface area (Å²) in [7, 11) is 3.52. The standard InChI is InChI=1S/C29H40N4O2/c1-19(2)28-25-17-23(7-8-26(25)31-29(28)24-15-20(3)30-21(4)16-24)22-9-11-33(12-10-22)18-27(34)32(5)13-14-35-6/h7-8,15-17,19,22,31H,9-14,18H2,1-6H3. The zero-order valence-corrected chi connectivity index (χ0v) is 22.1. The molecule has 1 aliphatic rings. The van der Waals surface area contributed by atoms with Crippen LogP contribution in [0, 0.1) is 13.8 Å². The van der Waals surface area contributed by atoms with Crippen molar-refractivity contribution >= 4 is 16.8 Å². The number of rotatable bonds is 8. The van der Waals surface area contributed by atoms with Gasteiger partial charge in [0.25, 0.3) is 0 Å². The summed E-state index contributed by atoms with van der Waals surface area (Å²) < 4.78 is 5.09. The molecule has 0 bridgehead atoms. The van der Waals surface area contributed by atoms with Gasteiger partial charge in [0.05, 0.1) is 18.8 Å². The number of hydrogen-bond acceptors (Lipinski definition) is 4. The summed E-state index contributed by atoms with van der Waals surface area (Å²) in [5.74, 6) is 1.11. The van der Waals surface area contributed by atoms with Crippen LogP contribution < -0.4 is 0 Å². The Kier molecular flexibility index (Phi) is 7.92. The Labute approximate surface area is 209 Å². The number of likely N-dealkylation sites (tertiary alicyclic amines) is 1. The van der Waals surface area contributed by atoms with Gasteiger partial charge < -0.3 is 14.6 Å². The molecule has 6 heteroatoms. The number of hydrogen-bond donors (Lipinski definition) is 1. The summed E-state index contributed by atoms with van der Waals surface area (Å²) in [5, 5.41) is 1.33. The van der Waals surface area contributed by atoms with E-state index >= 15 is 0 Å². The van der Waals surface area contributed by atoms with Gasteiger partial charge in [0.1, 0.15) is 0 Å². The number of H-pyrrole nitrogens is 1. The predicted molar refractivity (Wildman–Crippen MR) is 143 cm³/mol. The van der Waals surface area contributed by atoms with E-state index in [9.17, 15) is 4.79 Å². The number of piperidine rings is 1. The molecule has 0 radical (unpaired) electrons. The fourth-order valence-corrected chi connectivity index (χ4v) is 5.38. The molecular formula is C29H40N4O2. The van der Waals surface area contributed by atoms with E-state index in [1.54, 1.807) is 12.0 Å². The largest absolute Gasteiger partial charge is 0.383 e. The summed E-state index contributed by atoms with van der Waals surface area (Å²) >= 11 is 0. The Bertz CT molecular complexity index is 1150. The molecule has 1 saturated heterocycles. The maximum atomic E-state index is 12.5. The van der Waals surface area contributed by atoms with E-state index in [1.165, 1.54) is 33.3 Å². The van der Waals surface area contributed by atoms with Crippen molar-refractivity contribution in [3.8, 4) is 11.3 Å². The molecule has 0 spiro atoms. The highest BCUT2D eigenvalue weighted by atomic mass is 16.5. The Hall–Kier alpha value is -2.70. The van der Waals surface area contributed by atoms with Gasteiger partial charge in [-0.2, -0.15) is 0 Å². The first-order chi connectivity index (χ1) is 16.8. The Morgan fingerprint density at radius 3 is 2.49 bits per heavy atom. The van der Waals surface area contributed by atoms with Crippen LogP contribution in [0.1, 0.15) is 61.0 Å². The second kappa shape index (κ2) is 10.9. The van der Waals surface area contributed by atoms with Crippen molar-refractivity contribution in [2.45, 2.75) is 52.4 Å². The Morgan fingerprint density at radius 1 is 1.17 bits per heavy atom. The summed E-state index contributed by atoms with van der Waals surface area (Å²) in [6, 6.07) is 11.3. The van der Waals surface area contributed by atoms with E-state index in [4.69, 9.17) is 4.74 Å². The highest BCUT2D eigenvalue weighted by molar-refractivity contribution is 5.92. The molecule has 1 aromatic carbocycles. The van der Waals surface area contributed by atoms with Crippen molar-refractivity contribution in [2.24, 2.45) is 0 Å². The monoisotopic (exact) mass is 476 g/mol. The van der Waals surface area contributed by atoms with Crippen LogP contribution in [-0.2, 0) is 9.53 Å². The number of amides is 1. The first kappa shape index (κ1) is 25.4. The van der Waals surface area contributed by atoms with Crippen molar-refractivity contribution in [1.29, 1.82) is 0 Å². The molecule has 1 fully saturated rings. The Morgan fingerprint density at radius 2 is 1.86 bits per heavy atom. The van der Waals surface area contributed by atoms with Crippen LogP contribution in [0.2, 0.25) is 0 Å². The molecule has 3 aromatic rings. The summed E-state index contributed by atoms with van der Waals surface area (Å²) in [6.07, 6.45) is 2.16. The van der Waals surface area contributed by atoms with Crippen molar-refractivity contribution in [2.75, 3.05) is 46.9 Å². The maximum absolute atomic E-state index is 12.5. The van der Waals surface area contributed by atoms with Crippen molar-refractivity contribution < 1.29 is 9.53 Å². The number of aromatic nitrogens is 2. The van der Waals surface area contributed by atoms with Crippen LogP contribution in [0.25, 0.3) is 22.2 Å². The highest BCUT2D eigenvalue weighted by Gasteiger charge is 2.24. The van der Waals surface area contributed by atoms with Gasteiger partial charge in [-0.25, -0.2) is 0 Å². The molecule has 0 saturated carbocycles. The van der Waals surface area contributed by atoms with E-state index in [0.717, 1.165) is 37.3 Å². The van der Waals surface area contributed by atoms with Gasteiger partial charge in [0, 0.05) is 48.6 Å². The molecule has 35 heavy (non-hydrogen) atoms. The number of benzene rings is 1. The lowest BCUT2D eigenvalue weighted by Crippen LogP contribution is -2.42. The minimum atomic E-state index is 0.171. The molecule has 1 aliphatic heterocycles. The number of aryl methyl sites for hydroxylation is 2. The van der Waals surface area contributed by atoms with Crippen LogP contribution in [0.15, 0.2) is 30.3 Å². The third-order valence-electron chi connectivity index (χ3n) is 7.28. The lowest BCUT2D eigenvalue weighted by atomic mass is 9.87. The third-order valence-corrected chi connectivity index (χ3v) is 7.28. The van der Waals surface area contributed by atoms with Gasteiger partial charge in [-0.05, 0) is 87.0 Å². The zero-order valence-electron chi connectivity index (χ0n) is 22.1. The smallest absolute Gasteiger partial charge is 0.236 e. The number of nitrogens with one attached hydrogen (secondary N) is 1. The first-order valence-electron chi connectivity index (χ1n) is 12.8. The zero-order chi connectivity index (χ0) is 25.1. The highest BCUT2D eigenvalue weighted by Crippen LogP contribution is 2.38. The molecule has 6 nitrogen and oxygen atoms in total. The second-order valence-corrected chi connectivity index (χ2v) is 10.4. The van der Waals surface area contributed by atoms with Crippen LogP contribution in [-0.4, -0.2) is 72.6 Å². The number of nitrogens with zero attached hydrogens (tertiary/aromatic N) is 3. The van der Waals surface area contributed by atoms with Gasteiger partial charge in [0.15, 0.2) is 0 Å². The van der Waals surface area contributed by atoms with Crippen LogP contribution >= 0.6 is 0 Å². The van der Waals surface area contributed by atoms with Crippen molar-refractivity contribution in [1.82, 2.24) is 19.8 Å². The average Bonchev–Trinajstić information content (AvgIpc) is 3.21. The lowest BCUT2D eigenvalue weighted by Gasteiger charge is -2.32. The maximum Gasteiger partial charge on any atom is 0.236 e. The fourth-order valence-electron chi connectivity index (χ4n) is 5.38. The third kappa shape index (κ3) is 5.76. The second-order valence-electron chi connectivity index (χ2n) is 10.4. The normalized spacial score (nSPS) is 15.3. The van der Waals surface area contributed by atoms with Crippen LogP contribution in [0.5, 0.6) is 0 Å². The first-order valence-corrected chi connectivity index (χ1v) is 12.8. The summed E-state index contributed by atoms with van der Waals surface area (Å²) in [4.78, 5) is 24.8. The van der Waals surface area contributed by atoms with Gasteiger partial charge in [-0.3, -0.25) is 14.7 Å². The molecule has 1 amide bonds. The Balaban J connectivity index is 1.51. The predicted octanol–water partition coefficient (Wildman–Crippen LogP) is 5.25. The topological polar surface area (TPSA) is 61.5 Å². The van der Waals surface area contributed by atoms with E-state index in [-0.39, 0.29) is 5.91 Å². The fraction of sp³-hybridized carbons (Fsp3) is 0.517. The van der Waals surface area contributed by atoms with Crippen molar-refractivity contribution in [3.05, 3.63) is 52.8 Å². The molecular weight excluding hydrogens is 436 g/mol. The summed E-state index contributed by atoms with van der Waals surface area (Å²) in [5.41, 5.74) is 8.51. The van der Waals surface area contributed by atoms with Gasteiger partial charge >= 0.3 is 0 Å². The number of likely N-dealkylation sites (N-methyl/N-ethyl adjacent to an activating group) is 1. The quantitative estimate of drug-likeness (QED) is 0.482. The van der Waals surface area contributed by atoms with Gasteiger partial charge in [-0.1, -0.05) is 19.9 Å². The number of methoxy groups -OCH3 is 1. The van der Waals surface area contributed by atoms with E-state index < -0.39 is 0 Å². The summed E-state index contributed by atoms with van der Waals surface area (Å²) in [6.45, 7) is 12.3.